The number of para-hydroxylation sites is 2. The van der Waals surface area contributed by atoms with E-state index in [4.69, 9.17) is 4.74 Å². The van der Waals surface area contributed by atoms with E-state index in [1.54, 1.807) is 28.9 Å². The van der Waals surface area contributed by atoms with Gasteiger partial charge in [-0.05, 0) is 61.7 Å². The van der Waals surface area contributed by atoms with Crippen LogP contribution in [-0.2, 0) is 16.4 Å². The third-order valence-corrected chi connectivity index (χ3v) is 7.25. The average Bonchev–Trinajstić information content (AvgIpc) is 3.37. The topological polar surface area (TPSA) is 98.5 Å². The molecule has 0 saturated carbocycles. The Labute approximate surface area is 221 Å². The first-order valence-electron chi connectivity index (χ1n) is 12.2. The SMILES string of the molecule is Cc1ccc(S(=O)(=O)NN=C(CCc2ccccc2)C(Oc2ccccc2)n2nnc3ccccc32)cc1. The molecule has 1 atom stereocenters. The fourth-order valence-electron chi connectivity index (χ4n) is 3.99. The number of hydrogen-bond donors (Lipinski definition) is 1. The Balaban J connectivity index is 1.56. The number of hydrogen-bond acceptors (Lipinski definition) is 6. The fourth-order valence-corrected chi connectivity index (χ4v) is 4.83. The van der Waals surface area contributed by atoms with Crippen molar-refractivity contribution >= 4 is 26.8 Å². The molecule has 0 saturated heterocycles. The molecule has 0 amide bonds. The Morgan fingerprint density at radius 3 is 2.29 bits per heavy atom. The van der Waals surface area contributed by atoms with E-state index in [1.165, 1.54) is 0 Å². The minimum atomic E-state index is -3.91. The third kappa shape index (κ3) is 5.90. The Morgan fingerprint density at radius 2 is 1.55 bits per heavy atom. The Hall–Kier alpha value is -4.50. The molecule has 0 spiro atoms. The van der Waals surface area contributed by atoms with Crippen LogP contribution in [0.5, 0.6) is 5.75 Å². The Kier molecular flexibility index (Phi) is 7.46. The maximum atomic E-state index is 13.1. The van der Waals surface area contributed by atoms with Crippen LogP contribution in [0.4, 0.5) is 0 Å². The summed E-state index contributed by atoms with van der Waals surface area (Å²) in [7, 11) is -3.91. The molecule has 1 heterocycles. The zero-order chi connectivity index (χ0) is 26.4. The first-order chi connectivity index (χ1) is 18.5. The molecule has 0 aliphatic rings. The second-order valence-corrected chi connectivity index (χ2v) is 10.5. The number of benzene rings is 4. The van der Waals surface area contributed by atoms with Gasteiger partial charge in [-0.2, -0.15) is 23.0 Å². The van der Waals surface area contributed by atoms with Crippen molar-refractivity contribution in [3.63, 3.8) is 0 Å². The molecular weight excluding hydrogens is 498 g/mol. The van der Waals surface area contributed by atoms with Crippen LogP contribution >= 0.6 is 0 Å². The number of ether oxygens (including phenoxy) is 1. The van der Waals surface area contributed by atoms with Gasteiger partial charge >= 0.3 is 0 Å². The summed E-state index contributed by atoms with van der Waals surface area (Å²) in [6, 6.07) is 33.4. The Morgan fingerprint density at radius 1 is 0.895 bits per heavy atom. The zero-order valence-electron chi connectivity index (χ0n) is 20.8. The summed E-state index contributed by atoms with van der Waals surface area (Å²) in [4.78, 5) is 2.55. The van der Waals surface area contributed by atoms with Crippen molar-refractivity contribution in [3.8, 4) is 5.75 Å². The molecule has 0 aliphatic carbocycles. The van der Waals surface area contributed by atoms with Gasteiger partial charge in [0.15, 0.2) is 0 Å². The molecular formula is C29H27N5O3S. The number of sulfonamides is 1. The molecule has 8 nitrogen and oxygen atoms in total. The lowest BCUT2D eigenvalue weighted by Gasteiger charge is -2.22. The number of aromatic nitrogens is 3. The van der Waals surface area contributed by atoms with Crippen LogP contribution in [0.15, 0.2) is 119 Å². The summed E-state index contributed by atoms with van der Waals surface area (Å²) in [5.74, 6) is 0.589. The second kappa shape index (κ2) is 11.3. The largest absolute Gasteiger partial charge is 0.463 e. The van der Waals surface area contributed by atoms with Crippen molar-refractivity contribution in [2.75, 3.05) is 0 Å². The first-order valence-corrected chi connectivity index (χ1v) is 13.7. The predicted octanol–water partition coefficient (Wildman–Crippen LogP) is 5.28. The molecule has 0 radical (unpaired) electrons. The maximum absolute atomic E-state index is 13.1. The Bertz CT molecular complexity index is 1630. The lowest BCUT2D eigenvalue weighted by molar-refractivity contribution is 0.185. The number of rotatable bonds is 10. The number of nitrogens with zero attached hydrogens (tertiary/aromatic N) is 4. The van der Waals surface area contributed by atoms with Crippen LogP contribution < -0.4 is 9.57 Å². The fraction of sp³-hybridized carbons (Fsp3) is 0.138. The van der Waals surface area contributed by atoms with Gasteiger partial charge in [0.05, 0.1) is 10.4 Å². The standard InChI is InChI=1S/C29H27N5O3S/c1-22-16-19-25(20-17-22)38(35,36)33-31-27(21-18-23-10-4-2-5-11-23)29(37-24-12-6-3-7-13-24)34-28-15-9-8-14-26(28)30-32-34/h2-17,19-20,29,33H,18,21H2,1H3. The molecule has 0 fully saturated rings. The number of nitrogens with one attached hydrogen (secondary N) is 1. The highest BCUT2D eigenvalue weighted by molar-refractivity contribution is 7.89. The summed E-state index contributed by atoms with van der Waals surface area (Å²) in [5.41, 5.74) is 3.93. The quantitative estimate of drug-likeness (QED) is 0.197. The lowest BCUT2D eigenvalue weighted by Crippen LogP contribution is -2.30. The molecule has 9 heteroatoms. The van der Waals surface area contributed by atoms with Gasteiger partial charge in [-0.25, -0.2) is 0 Å². The maximum Gasteiger partial charge on any atom is 0.276 e. The van der Waals surface area contributed by atoms with Crippen LogP contribution in [0.2, 0.25) is 0 Å². The van der Waals surface area contributed by atoms with E-state index in [0.29, 0.717) is 29.8 Å². The summed E-state index contributed by atoms with van der Waals surface area (Å²) in [5, 5.41) is 13.1. The van der Waals surface area contributed by atoms with Gasteiger partial charge in [-0.1, -0.05) is 83.6 Å². The molecule has 1 aromatic heterocycles. The van der Waals surface area contributed by atoms with Gasteiger partial charge in [-0.15, -0.1) is 5.10 Å². The molecule has 5 aromatic rings. The third-order valence-electron chi connectivity index (χ3n) is 6.03. The van der Waals surface area contributed by atoms with Crippen molar-refractivity contribution in [1.82, 2.24) is 19.8 Å². The molecule has 4 aromatic carbocycles. The highest BCUT2D eigenvalue weighted by Gasteiger charge is 2.25. The monoisotopic (exact) mass is 525 g/mol. The molecule has 0 bridgehead atoms. The van der Waals surface area contributed by atoms with Crippen molar-refractivity contribution in [2.45, 2.75) is 30.9 Å². The summed E-state index contributed by atoms with van der Waals surface area (Å²) in [6.45, 7) is 1.90. The number of aryl methyl sites for hydroxylation is 2. The van der Waals surface area contributed by atoms with Gasteiger partial charge in [0.2, 0.25) is 6.23 Å². The van der Waals surface area contributed by atoms with Crippen LogP contribution in [0.1, 0.15) is 23.8 Å². The van der Waals surface area contributed by atoms with Crippen LogP contribution in [0.25, 0.3) is 11.0 Å². The van der Waals surface area contributed by atoms with Gasteiger partial charge in [0, 0.05) is 0 Å². The molecule has 38 heavy (non-hydrogen) atoms. The zero-order valence-corrected chi connectivity index (χ0v) is 21.6. The van der Waals surface area contributed by atoms with Crippen molar-refractivity contribution in [3.05, 3.63) is 120 Å². The predicted molar refractivity (Wildman–Crippen MR) is 147 cm³/mol. The molecule has 5 rings (SSSR count). The number of hydrazone groups is 1. The summed E-state index contributed by atoms with van der Waals surface area (Å²) in [6.07, 6.45) is 0.175. The van der Waals surface area contributed by atoms with Gasteiger partial charge in [0.1, 0.15) is 17.0 Å². The highest BCUT2D eigenvalue weighted by atomic mass is 32.2. The van der Waals surface area contributed by atoms with E-state index in [1.807, 2.05) is 91.9 Å². The summed E-state index contributed by atoms with van der Waals surface area (Å²) >= 11 is 0. The van der Waals surface area contributed by atoms with E-state index in [2.05, 4.69) is 20.2 Å². The van der Waals surface area contributed by atoms with E-state index in [-0.39, 0.29) is 4.90 Å². The van der Waals surface area contributed by atoms with Gasteiger partial charge < -0.3 is 4.74 Å². The molecule has 1 unspecified atom stereocenters. The highest BCUT2D eigenvalue weighted by Crippen LogP contribution is 2.24. The minimum absolute atomic E-state index is 0.126. The van der Waals surface area contributed by atoms with Crippen molar-refractivity contribution < 1.29 is 13.2 Å². The summed E-state index contributed by atoms with van der Waals surface area (Å²) < 4.78 is 34.2. The van der Waals surface area contributed by atoms with Crippen molar-refractivity contribution in [2.24, 2.45) is 5.10 Å². The number of fused-ring (bicyclic) bond motifs is 1. The van der Waals surface area contributed by atoms with Crippen LogP contribution in [0.3, 0.4) is 0 Å². The van der Waals surface area contributed by atoms with E-state index >= 15 is 0 Å². The average molecular weight is 526 g/mol. The van der Waals surface area contributed by atoms with Gasteiger partial charge in [0.25, 0.3) is 10.0 Å². The van der Waals surface area contributed by atoms with Crippen molar-refractivity contribution in [1.29, 1.82) is 0 Å². The lowest BCUT2D eigenvalue weighted by atomic mass is 10.1. The second-order valence-electron chi connectivity index (χ2n) is 8.80. The molecule has 0 aliphatic heterocycles. The van der Waals surface area contributed by atoms with Gasteiger partial charge in [-0.3, -0.25) is 0 Å². The van der Waals surface area contributed by atoms with E-state index in [0.717, 1.165) is 16.6 Å². The van der Waals surface area contributed by atoms with E-state index in [9.17, 15) is 8.42 Å². The molecule has 1 N–H and O–H groups in total. The van der Waals surface area contributed by atoms with Crippen LogP contribution in [-0.4, -0.2) is 29.1 Å². The van der Waals surface area contributed by atoms with Crippen LogP contribution in [0, 0.1) is 6.92 Å². The smallest absolute Gasteiger partial charge is 0.276 e. The normalized spacial score (nSPS) is 12.8. The van der Waals surface area contributed by atoms with E-state index < -0.39 is 16.3 Å². The first kappa shape index (κ1) is 25.2. The minimum Gasteiger partial charge on any atom is -0.463 e. The molecule has 192 valence electrons.